The molecule has 0 radical (unpaired) electrons. The molecule has 0 saturated heterocycles. The summed E-state index contributed by atoms with van der Waals surface area (Å²) in [6.07, 6.45) is 0. The van der Waals surface area contributed by atoms with Crippen molar-refractivity contribution in [2.45, 2.75) is 0 Å². The smallest absolute Gasteiger partial charge is 0.238 e. The SMILES string of the molecule is c1ccc(-c2ccc3c(c2)c2ccccc2n3-c2nc(-c3ccc4c(c3)oc3ccccc34)nc(-c3cccc4sc5cc(-c6ccc7c(c6)c6ccccc6n7-c6ccccc6)ccc5c34)n2)cc1. The molecule has 0 amide bonds. The van der Waals surface area contributed by atoms with Crippen LogP contribution >= 0.6 is 11.3 Å². The van der Waals surface area contributed by atoms with Gasteiger partial charge in [0, 0.05) is 69.3 Å². The first-order valence-corrected chi connectivity index (χ1v) is 24.3. The number of nitrogens with zero attached hydrogens (tertiary/aromatic N) is 5. The van der Waals surface area contributed by atoms with E-state index in [1.165, 1.54) is 53.3 Å². The molecule has 0 aliphatic rings. The third-order valence-electron chi connectivity index (χ3n) is 14.0. The molecule has 15 aromatic rings. The minimum Gasteiger partial charge on any atom is -0.456 e. The van der Waals surface area contributed by atoms with Crippen LogP contribution in [-0.4, -0.2) is 24.1 Å². The normalized spacial score (nSPS) is 12.0. The second-order valence-corrected chi connectivity index (χ2v) is 19.0. The molecular weight excluding hydrogens is 875 g/mol. The second-order valence-electron chi connectivity index (χ2n) is 18.0. The second kappa shape index (κ2) is 15.2. The third kappa shape index (κ3) is 5.95. The number of thiophene rings is 1. The average molecular weight is 912 g/mol. The molecule has 326 valence electrons. The lowest BCUT2D eigenvalue weighted by molar-refractivity contribution is 0.669. The van der Waals surface area contributed by atoms with Gasteiger partial charge in [0.2, 0.25) is 5.95 Å². The number of rotatable bonds is 6. The number of benzene rings is 10. The molecule has 0 bridgehead atoms. The summed E-state index contributed by atoms with van der Waals surface area (Å²) in [6.45, 7) is 0. The van der Waals surface area contributed by atoms with Crippen LogP contribution < -0.4 is 0 Å². The van der Waals surface area contributed by atoms with Gasteiger partial charge in [-0.15, -0.1) is 11.3 Å². The van der Waals surface area contributed by atoms with Gasteiger partial charge in [0.15, 0.2) is 11.6 Å². The van der Waals surface area contributed by atoms with Crippen LogP contribution in [0.3, 0.4) is 0 Å². The summed E-state index contributed by atoms with van der Waals surface area (Å²) >= 11 is 1.80. The Morgan fingerprint density at radius 3 is 1.69 bits per heavy atom. The van der Waals surface area contributed by atoms with Crippen LogP contribution in [0.1, 0.15) is 0 Å². The fraction of sp³-hybridized carbons (Fsp3) is 0. The van der Waals surface area contributed by atoms with Crippen molar-refractivity contribution in [2.75, 3.05) is 0 Å². The minimum atomic E-state index is 0.547. The molecule has 5 heterocycles. The topological polar surface area (TPSA) is 61.7 Å². The maximum Gasteiger partial charge on any atom is 0.238 e. The number of furan rings is 1. The van der Waals surface area contributed by atoms with Crippen molar-refractivity contribution in [3.8, 4) is 56.7 Å². The highest BCUT2D eigenvalue weighted by molar-refractivity contribution is 7.26. The van der Waals surface area contributed by atoms with Crippen LogP contribution in [0.25, 0.3) is 142 Å². The molecule has 15 rings (SSSR count). The van der Waals surface area contributed by atoms with Crippen LogP contribution in [0.5, 0.6) is 0 Å². The van der Waals surface area contributed by atoms with E-state index in [0.717, 1.165) is 71.5 Å². The van der Waals surface area contributed by atoms with E-state index >= 15 is 0 Å². The molecular formula is C63H37N5OS. The largest absolute Gasteiger partial charge is 0.456 e. The van der Waals surface area contributed by atoms with Gasteiger partial charge in [-0.1, -0.05) is 146 Å². The Hall–Kier alpha value is -9.17. The number of aromatic nitrogens is 5. The molecule has 70 heavy (non-hydrogen) atoms. The lowest BCUT2D eigenvalue weighted by atomic mass is 10.00. The van der Waals surface area contributed by atoms with E-state index in [1.54, 1.807) is 11.3 Å². The minimum absolute atomic E-state index is 0.547. The third-order valence-corrected chi connectivity index (χ3v) is 15.1. The van der Waals surface area contributed by atoms with Crippen molar-refractivity contribution in [1.82, 2.24) is 24.1 Å². The fourth-order valence-corrected chi connectivity index (χ4v) is 11.9. The van der Waals surface area contributed by atoms with E-state index in [4.69, 9.17) is 19.4 Å². The van der Waals surface area contributed by atoms with E-state index in [-0.39, 0.29) is 0 Å². The van der Waals surface area contributed by atoms with E-state index in [2.05, 4.69) is 215 Å². The first-order chi connectivity index (χ1) is 34.7. The Kier molecular flexibility index (Phi) is 8.43. The highest BCUT2D eigenvalue weighted by Crippen LogP contribution is 2.43. The number of hydrogen-bond donors (Lipinski definition) is 0. The molecule has 0 N–H and O–H groups in total. The summed E-state index contributed by atoms with van der Waals surface area (Å²) in [5.74, 6) is 1.72. The van der Waals surface area contributed by atoms with Crippen LogP contribution in [0.15, 0.2) is 229 Å². The van der Waals surface area contributed by atoms with Crippen LogP contribution in [0.2, 0.25) is 0 Å². The maximum absolute atomic E-state index is 6.42. The fourth-order valence-electron chi connectivity index (χ4n) is 10.8. The Labute approximate surface area is 404 Å². The van der Waals surface area contributed by atoms with E-state index in [1.807, 2.05) is 18.2 Å². The number of para-hydroxylation sites is 4. The monoisotopic (exact) mass is 911 g/mol. The molecule has 0 saturated carbocycles. The van der Waals surface area contributed by atoms with Gasteiger partial charge in [-0.3, -0.25) is 4.57 Å². The molecule has 7 heteroatoms. The van der Waals surface area contributed by atoms with Crippen molar-refractivity contribution in [2.24, 2.45) is 0 Å². The summed E-state index contributed by atoms with van der Waals surface area (Å²) in [7, 11) is 0. The van der Waals surface area contributed by atoms with Crippen LogP contribution in [0.4, 0.5) is 0 Å². The van der Waals surface area contributed by atoms with Gasteiger partial charge in [-0.25, -0.2) is 4.98 Å². The van der Waals surface area contributed by atoms with Crippen molar-refractivity contribution >= 4 is 97.1 Å². The Morgan fingerprint density at radius 2 is 0.900 bits per heavy atom. The average Bonchev–Trinajstić information content (AvgIpc) is 4.18. The Bertz CT molecular complexity index is 4600. The zero-order valence-electron chi connectivity index (χ0n) is 37.4. The summed E-state index contributed by atoms with van der Waals surface area (Å²) in [6, 6.07) is 79.8. The van der Waals surface area contributed by atoms with Crippen molar-refractivity contribution in [1.29, 1.82) is 0 Å². The highest BCUT2D eigenvalue weighted by atomic mass is 32.1. The number of fused-ring (bicyclic) bond motifs is 12. The summed E-state index contributed by atoms with van der Waals surface area (Å²) in [5.41, 5.74) is 13.7. The van der Waals surface area contributed by atoms with Gasteiger partial charge < -0.3 is 8.98 Å². The molecule has 0 fully saturated rings. The summed E-state index contributed by atoms with van der Waals surface area (Å²) < 4.78 is 13.3. The quantitative estimate of drug-likeness (QED) is 0.167. The van der Waals surface area contributed by atoms with Crippen molar-refractivity contribution < 1.29 is 4.42 Å². The Morgan fingerprint density at radius 1 is 0.329 bits per heavy atom. The molecule has 0 atom stereocenters. The van der Waals surface area contributed by atoms with Gasteiger partial charge in [0.25, 0.3) is 0 Å². The maximum atomic E-state index is 6.42. The first kappa shape index (κ1) is 38.9. The molecule has 0 unspecified atom stereocenters. The lowest BCUT2D eigenvalue weighted by Gasteiger charge is -2.12. The predicted octanol–water partition coefficient (Wildman–Crippen LogP) is 17.0. The zero-order chi connectivity index (χ0) is 45.9. The predicted molar refractivity (Wildman–Crippen MR) is 290 cm³/mol. The molecule has 6 nitrogen and oxygen atoms in total. The lowest BCUT2D eigenvalue weighted by Crippen LogP contribution is -2.06. The zero-order valence-corrected chi connectivity index (χ0v) is 38.2. The number of hydrogen-bond acceptors (Lipinski definition) is 5. The standard InChI is InChI=1S/C63H37N5OS/c1-3-14-38(15-4-1)39-28-33-55-51(34-39)45-19-8-11-23-53(45)68(55)63-65-61(42-27-30-47-46-20-9-12-24-56(46)69-57(47)36-42)64-62(66-63)49-21-13-25-58-60(49)48-31-26-41(37-59(48)70-58)40-29-32-54-50(35-40)44-18-7-10-22-52(44)67(54)43-16-5-2-6-17-43/h1-37H. The van der Waals surface area contributed by atoms with E-state index in [0.29, 0.717) is 17.6 Å². The molecule has 10 aromatic carbocycles. The summed E-state index contributed by atoms with van der Waals surface area (Å²) in [5, 5.41) is 9.16. The van der Waals surface area contributed by atoms with Crippen LogP contribution in [0, 0.1) is 0 Å². The van der Waals surface area contributed by atoms with Crippen molar-refractivity contribution in [3.63, 3.8) is 0 Å². The molecule has 0 aliphatic carbocycles. The first-order valence-electron chi connectivity index (χ1n) is 23.5. The van der Waals surface area contributed by atoms with E-state index < -0.39 is 0 Å². The van der Waals surface area contributed by atoms with Gasteiger partial charge in [0.05, 0.1) is 22.1 Å². The van der Waals surface area contributed by atoms with Gasteiger partial charge in [-0.2, -0.15) is 9.97 Å². The Balaban J connectivity index is 0.917. The molecule has 5 aromatic heterocycles. The van der Waals surface area contributed by atoms with Gasteiger partial charge >= 0.3 is 0 Å². The molecule has 0 spiro atoms. The summed E-state index contributed by atoms with van der Waals surface area (Å²) in [4.78, 5) is 16.2. The van der Waals surface area contributed by atoms with E-state index in [9.17, 15) is 0 Å². The van der Waals surface area contributed by atoms with Gasteiger partial charge in [0.1, 0.15) is 11.2 Å². The van der Waals surface area contributed by atoms with Crippen molar-refractivity contribution in [3.05, 3.63) is 224 Å². The molecule has 0 aliphatic heterocycles. The van der Waals surface area contributed by atoms with Crippen LogP contribution in [-0.2, 0) is 0 Å². The highest BCUT2D eigenvalue weighted by Gasteiger charge is 2.22. The van der Waals surface area contributed by atoms with Gasteiger partial charge in [-0.05, 0) is 101 Å².